The van der Waals surface area contributed by atoms with Crippen molar-refractivity contribution >= 4 is 17.4 Å². The molecule has 2 aliphatic rings. The van der Waals surface area contributed by atoms with Crippen LogP contribution in [0.5, 0.6) is 0 Å². The summed E-state index contributed by atoms with van der Waals surface area (Å²) in [6.45, 7) is 4.02. The van der Waals surface area contributed by atoms with Crippen molar-refractivity contribution in [3.8, 4) is 6.07 Å². The van der Waals surface area contributed by atoms with E-state index in [1.54, 1.807) is 0 Å². The largest absolute Gasteiger partial charge is 0.370 e. The number of nitriles is 1. The van der Waals surface area contributed by atoms with E-state index < -0.39 is 0 Å². The molecule has 2 aromatic rings. The number of rotatable bonds is 5. The molecule has 0 aromatic heterocycles. The highest BCUT2D eigenvalue weighted by atomic mass is 16.2. The van der Waals surface area contributed by atoms with E-state index in [9.17, 15) is 4.79 Å². The van der Waals surface area contributed by atoms with E-state index in [0.717, 1.165) is 50.9 Å². The second-order valence-corrected chi connectivity index (χ2v) is 9.07. The highest BCUT2D eigenvalue weighted by Crippen LogP contribution is 2.24. The SMILES string of the molecule is Cc1ccc(NC(=O)N[C@@H]2CCCC[C@H]2NC2CCCN(c3ccc(C#N)cc3)C2)cc1. The molecule has 168 valence electrons. The molecular formula is C26H33N5O. The van der Waals surface area contributed by atoms with Crippen LogP contribution in [-0.4, -0.2) is 37.2 Å². The van der Waals surface area contributed by atoms with Gasteiger partial charge in [0, 0.05) is 42.6 Å². The lowest BCUT2D eigenvalue weighted by atomic mass is 9.89. The van der Waals surface area contributed by atoms with Crippen LogP contribution in [0.3, 0.4) is 0 Å². The first-order valence-corrected chi connectivity index (χ1v) is 11.8. The van der Waals surface area contributed by atoms with Crippen LogP contribution in [-0.2, 0) is 0 Å². The maximum atomic E-state index is 12.6. The molecule has 3 atom stereocenters. The second-order valence-electron chi connectivity index (χ2n) is 9.07. The molecule has 1 saturated carbocycles. The average Bonchev–Trinajstić information content (AvgIpc) is 2.82. The molecule has 4 rings (SSSR count). The maximum Gasteiger partial charge on any atom is 0.319 e. The maximum absolute atomic E-state index is 12.6. The smallest absolute Gasteiger partial charge is 0.319 e. The van der Waals surface area contributed by atoms with Gasteiger partial charge in [0.2, 0.25) is 0 Å². The van der Waals surface area contributed by atoms with Crippen LogP contribution in [0.15, 0.2) is 48.5 Å². The predicted molar refractivity (Wildman–Crippen MR) is 129 cm³/mol. The Morgan fingerprint density at radius 1 is 0.969 bits per heavy atom. The van der Waals surface area contributed by atoms with E-state index in [2.05, 4.69) is 26.9 Å². The number of nitrogens with one attached hydrogen (secondary N) is 3. The van der Waals surface area contributed by atoms with Gasteiger partial charge in [-0.1, -0.05) is 30.5 Å². The van der Waals surface area contributed by atoms with Crippen LogP contribution >= 0.6 is 0 Å². The first kappa shape index (κ1) is 22.2. The summed E-state index contributed by atoms with van der Waals surface area (Å²) in [4.78, 5) is 15.0. The van der Waals surface area contributed by atoms with Crippen molar-refractivity contribution in [1.82, 2.24) is 10.6 Å². The summed E-state index contributed by atoms with van der Waals surface area (Å²) in [6, 6.07) is 18.6. The summed E-state index contributed by atoms with van der Waals surface area (Å²) in [5, 5.41) is 19.1. The molecule has 1 heterocycles. The summed E-state index contributed by atoms with van der Waals surface area (Å²) >= 11 is 0. The van der Waals surface area contributed by atoms with E-state index in [1.165, 1.54) is 17.7 Å². The molecule has 3 N–H and O–H groups in total. The fraction of sp³-hybridized carbons (Fsp3) is 0.462. The lowest BCUT2D eigenvalue weighted by Gasteiger charge is -2.40. The molecule has 1 aliphatic heterocycles. The topological polar surface area (TPSA) is 80.2 Å². The Kier molecular flexibility index (Phi) is 7.28. The van der Waals surface area contributed by atoms with Crippen molar-refractivity contribution in [2.45, 2.75) is 63.6 Å². The van der Waals surface area contributed by atoms with Crippen LogP contribution in [0.1, 0.15) is 49.7 Å². The lowest BCUT2D eigenvalue weighted by Crippen LogP contribution is -2.57. The fourth-order valence-electron chi connectivity index (χ4n) is 4.87. The van der Waals surface area contributed by atoms with Crippen molar-refractivity contribution in [3.63, 3.8) is 0 Å². The van der Waals surface area contributed by atoms with E-state index >= 15 is 0 Å². The molecule has 6 nitrogen and oxygen atoms in total. The van der Waals surface area contributed by atoms with Gasteiger partial charge in [-0.15, -0.1) is 0 Å². The van der Waals surface area contributed by atoms with Gasteiger partial charge in [0.25, 0.3) is 0 Å². The number of aryl methyl sites for hydroxylation is 1. The minimum atomic E-state index is -0.129. The normalized spacial score (nSPS) is 23.2. The van der Waals surface area contributed by atoms with Crippen LogP contribution in [0.4, 0.5) is 16.2 Å². The van der Waals surface area contributed by atoms with Gasteiger partial charge in [0.05, 0.1) is 11.6 Å². The number of carbonyl (C=O) groups is 1. The number of hydrogen-bond donors (Lipinski definition) is 3. The number of benzene rings is 2. The first-order chi connectivity index (χ1) is 15.6. The van der Waals surface area contributed by atoms with E-state index in [4.69, 9.17) is 5.26 Å². The van der Waals surface area contributed by atoms with Gasteiger partial charge in [-0.25, -0.2) is 4.79 Å². The number of amides is 2. The Bertz CT molecular complexity index is 934. The molecule has 2 amide bonds. The highest BCUT2D eigenvalue weighted by molar-refractivity contribution is 5.89. The van der Waals surface area contributed by atoms with Crippen molar-refractivity contribution in [2.75, 3.05) is 23.3 Å². The predicted octanol–water partition coefficient (Wildman–Crippen LogP) is 4.56. The third kappa shape index (κ3) is 5.80. The van der Waals surface area contributed by atoms with Crippen molar-refractivity contribution in [3.05, 3.63) is 59.7 Å². The lowest BCUT2D eigenvalue weighted by molar-refractivity contribution is 0.226. The molecular weight excluding hydrogens is 398 g/mol. The van der Waals surface area contributed by atoms with Crippen molar-refractivity contribution in [2.24, 2.45) is 0 Å². The molecule has 6 heteroatoms. The summed E-state index contributed by atoms with van der Waals surface area (Å²) < 4.78 is 0. The van der Waals surface area contributed by atoms with E-state index in [0.29, 0.717) is 17.6 Å². The Morgan fingerprint density at radius 2 is 1.69 bits per heavy atom. The summed E-state index contributed by atoms with van der Waals surface area (Å²) in [5.74, 6) is 0. The van der Waals surface area contributed by atoms with Gasteiger partial charge >= 0.3 is 6.03 Å². The van der Waals surface area contributed by atoms with Gasteiger partial charge in [-0.2, -0.15) is 5.26 Å². The van der Waals surface area contributed by atoms with Crippen LogP contribution < -0.4 is 20.9 Å². The zero-order valence-electron chi connectivity index (χ0n) is 18.8. The van der Waals surface area contributed by atoms with Crippen LogP contribution in [0.25, 0.3) is 0 Å². The number of urea groups is 1. The molecule has 2 fully saturated rings. The molecule has 1 aliphatic carbocycles. The van der Waals surface area contributed by atoms with E-state index in [1.807, 2.05) is 55.5 Å². The summed E-state index contributed by atoms with van der Waals surface area (Å²) in [7, 11) is 0. The average molecular weight is 432 g/mol. The molecule has 2 aromatic carbocycles. The second kappa shape index (κ2) is 10.5. The molecule has 0 radical (unpaired) electrons. The number of anilines is 2. The van der Waals surface area contributed by atoms with Gasteiger partial charge < -0.3 is 20.9 Å². The van der Waals surface area contributed by atoms with Crippen molar-refractivity contribution in [1.29, 1.82) is 5.26 Å². The number of carbonyl (C=O) groups excluding carboxylic acids is 1. The van der Waals surface area contributed by atoms with Gasteiger partial charge in [0.15, 0.2) is 0 Å². The zero-order valence-corrected chi connectivity index (χ0v) is 18.8. The van der Waals surface area contributed by atoms with Crippen molar-refractivity contribution < 1.29 is 4.79 Å². The third-order valence-electron chi connectivity index (χ3n) is 6.62. The summed E-state index contributed by atoms with van der Waals surface area (Å²) in [6.07, 6.45) is 6.72. The van der Waals surface area contributed by atoms with Gasteiger partial charge in [-0.3, -0.25) is 0 Å². The van der Waals surface area contributed by atoms with Gasteiger partial charge in [0.1, 0.15) is 0 Å². The number of piperidine rings is 1. The van der Waals surface area contributed by atoms with Crippen LogP contribution in [0.2, 0.25) is 0 Å². The zero-order chi connectivity index (χ0) is 22.3. The molecule has 1 saturated heterocycles. The number of nitrogens with zero attached hydrogens (tertiary/aromatic N) is 2. The summed E-state index contributed by atoms with van der Waals surface area (Å²) in [5.41, 5.74) is 3.86. The Balaban J connectivity index is 1.33. The molecule has 0 bridgehead atoms. The fourth-order valence-corrected chi connectivity index (χ4v) is 4.87. The molecule has 32 heavy (non-hydrogen) atoms. The number of hydrogen-bond acceptors (Lipinski definition) is 4. The third-order valence-corrected chi connectivity index (χ3v) is 6.62. The Morgan fingerprint density at radius 3 is 2.41 bits per heavy atom. The highest BCUT2D eigenvalue weighted by Gasteiger charge is 2.30. The minimum Gasteiger partial charge on any atom is -0.370 e. The van der Waals surface area contributed by atoms with Gasteiger partial charge in [-0.05, 0) is 69.0 Å². The minimum absolute atomic E-state index is 0.129. The van der Waals surface area contributed by atoms with E-state index in [-0.39, 0.29) is 12.1 Å². The Labute approximate surface area is 191 Å². The standard InChI is InChI=1S/C26H33N5O/c1-19-8-12-21(13-9-19)29-26(32)30-25-7-3-2-6-24(25)28-22-5-4-16-31(18-22)23-14-10-20(17-27)11-15-23/h8-15,22,24-25,28H,2-7,16,18H2,1H3,(H2,29,30,32)/t22?,24-,25-/m1/s1. The Hall–Kier alpha value is -3.04. The molecule has 0 spiro atoms. The quantitative estimate of drug-likeness (QED) is 0.648. The monoisotopic (exact) mass is 431 g/mol. The van der Waals surface area contributed by atoms with Crippen LogP contribution in [0, 0.1) is 18.3 Å². The first-order valence-electron chi connectivity index (χ1n) is 11.8. The molecule has 1 unspecified atom stereocenters.